The fourth-order valence-corrected chi connectivity index (χ4v) is 10.8. The van der Waals surface area contributed by atoms with E-state index >= 15 is 0 Å². The van der Waals surface area contributed by atoms with E-state index in [4.69, 9.17) is 9.72 Å². The van der Waals surface area contributed by atoms with Gasteiger partial charge < -0.3 is 0 Å². The van der Waals surface area contributed by atoms with Gasteiger partial charge in [0.05, 0.1) is 0 Å². The van der Waals surface area contributed by atoms with Crippen LogP contribution < -0.4 is 4.74 Å². The van der Waals surface area contributed by atoms with Gasteiger partial charge in [0.2, 0.25) is 0 Å². The van der Waals surface area contributed by atoms with Crippen LogP contribution >= 0.6 is 0 Å². The van der Waals surface area contributed by atoms with Crippen molar-refractivity contribution in [3.63, 3.8) is 0 Å². The van der Waals surface area contributed by atoms with Crippen LogP contribution in [0.25, 0.3) is 72.3 Å². The third-order valence-electron chi connectivity index (χ3n) is 13.9. The standard InChI is InChI=1S/C58H48N4O.Pt/c1-56(2,3)40-32-33-59-53(34-40)62-49-26-15-14-22-45(49)46-30-28-41(35-51(46)62)63-42-29-31-47-52(36-42)61-37-60(50-27-17-25-48(55(50)61)58(6,7)57(47,4)5)54-43(38-18-10-8-11-19-38)23-16-24-44(54)39-20-12-9-13-21-39;/h8-34H,1-7H3;/q-2;. The summed E-state index contributed by atoms with van der Waals surface area (Å²) >= 11 is 2.55. The van der Waals surface area contributed by atoms with Crippen molar-refractivity contribution in [3.05, 3.63) is 197 Å². The normalized spacial score (nSPS) is 14.2. The van der Waals surface area contributed by atoms with Gasteiger partial charge in [0, 0.05) is 6.20 Å². The van der Waals surface area contributed by atoms with Gasteiger partial charge in [-0.25, -0.2) is 0 Å². The molecule has 7 aromatic carbocycles. The van der Waals surface area contributed by atoms with Gasteiger partial charge in [-0.05, 0) is 17.0 Å². The van der Waals surface area contributed by atoms with E-state index in [1.54, 1.807) is 0 Å². The SMILES string of the molecule is CC(C)(C)c1ccnc(-n2c3[c-]c(Oc4[c-]c5c(cc4)C(C)(C)C(C)(C)c4cccc6c4n-5[c](=[Pt])n6-c4c(-c5ccccc5)cccc4-c4ccccc4)ccc3c3ccccc32)c1. The summed E-state index contributed by atoms with van der Waals surface area (Å²) in [6, 6.07) is 63.9. The molecule has 64 heavy (non-hydrogen) atoms. The van der Waals surface area contributed by atoms with Crippen molar-refractivity contribution in [2.45, 2.75) is 64.7 Å². The molecule has 0 amide bonds. The number of benzene rings is 7. The summed E-state index contributed by atoms with van der Waals surface area (Å²) < 4.78 is 15.0. The summed E-state index contributed by atoms with van der Waals surface area (Å²) in [5.74, 6) is 2.09. The topological polar surface area (TPSA) is 36.9 Å². The maximum absolute atomic E-state index is 6.88. The summed E-state index contributed by atoms with van der Waals surface area (Å²) in [7, 11) is 0. The van der Waals surface area contributed by atoms with E-state index in [1.807, 2.05) is 12.3 Å². The Bertz CT molecular complexity index is 3470. The van der Waals surface area contributed by atoms with Crippen molar-refractivity contribution >= 4 is 32.8 Å². The summed E-state index contributed by atoms with van der Waals surface area (Å²) in [4.78, 5) is 4.90. The average molecular weight is 1010 g/mol. The molecule has 318 valence electrons. The number of para-hydroxylation sites is 3. The van der Waals surface area contributed by atoms with Crippen LogP contribution in [0.3, 0.4) is 0 Å². The molecule has 0 atom stereocenters. The van der Waals surface area contributed by atoms with Crippen molar-refractivity contribution < 1.29 is 24.1 Å². The molecule has 0 fully saturated rings. The number of rotatable bonds is 6. The van der Waals surface area contributed by atoms with Gasteiger partial charge in [-0.1, -0.05) is 32.9 Å². The zero-order valence-electron chi connectivity index (χ0n) is 37.1. The number of hydrogen-bond donors (Lipinski definition) is 0. The third-order valence-corrected chi connectivity index (χ3v) is 14.9. The molecular formula is C58H48N4OPt-2. The number of aromatic nitrogens is 4. The van der Waals surface area contributed by atoms with Gasteiger partial charge in [0.15, 0.2) is 0 Å². The third kappa shape index (κ3) is 6.15. The number of fused-ring (bicyclic) bond motifs is 5. The summed E-state index contributed by atoms with van der Waals surface area (Å²) in [6.45, 7) is 16.2. The minimum atomic E-state index is -0.281. The number of ether oxygens (including phenoxy) is 1. The first-order valence-electron chi connectivity index (χ1n) is 22.0. The van der Waals surface area contributed by atoms with Crippen LogP contribution in [0, 0.1) is 15.9 Å². The van der Waals surface area contributed by atoms with E-state index in [9.17, 15) is 0 Å². The van der Waals surface area contributed by atoms with Crippen molar-refractivity contribution in [1.29, 1.82) is 0 Å². The van der Waals surface area contributed by atoms with Crippen LogP contribution in [0.15, 0.2) is 164 Å². The maximum atomic E-state index is 6.88. The summed E-state index contributed by atoms with van der Waals surface area (Å²) in [6.07, 6.45) is 1.91. The van der Waals surface area contributed by atoms with Crippen LogP contribution in [-0.2, 0) is 35.6 Å². The number of pyridine rings is 1. The van der Waals surface area contributed by atoms with Crippen molar-refractivity contribution in [2.75, 3.05) is 0 Å². The van der Waals surface area contributed by atoms with Gasteiger partial charge >= 0.3 is 332 Å². The Kier molecular flexibility index (Phi) is 9.28. The molecule has 0 saturated carbocycles. The molecule has 6 heteroatoms. The molecule has 0 unspecified atom stereocenters. The fourth-order valence-electron chi connectivity index (χ4n) is 9.79. The predicted molar refractivity (Wildman–Crippen MR) is 258 cm³/mol. The Morgan fingerprint density at radius 2 is 1.17 bits per heavy atom. The zero-order chi connectivity index (χ0) is 44.1. The Morgan fingerprint density at radius 1 is 0.562 bits per heavy atom. The van der Waals surface area contributed by atoms with Gasteiger partial charge in [-0.15, -0.1) is 0 Å². The van der Waals surface area contributed by atoms with Crippen molar-refractivity contribution in [1.82, 2.24) is 18.7 Å². The summed E-state index contributed by atoms with van der Waals surface area (Å²) in [5, 5.41) is 2.24. The minimum absolute atomic E-state index is 0.0300. The van der Waals surface area contributed by atoms with E-state index in [2.05, 4.69) is 245 Å². The van der Waals surface area contributed by atoms with E-state index in [-0.39, 0.29) is 16.2 Å². The number of hydrogen-bond acceptors (Lipinski definition) is 2. The first-order valence-corrected chi connectivity index (χ1v) is 23.1. The fraction of sp³-hybridized carbons (Fsp3) is 0.172. The Hall–Kier alpha value is -6.55. The monoisotopic (exact) mass is 1010 g/mol. The van der Waals surface area contributed by atoms with Crippen molar-refractivity contribution in [3.8, 4) is 50.9 Å². The molecule has 0 N–H and O–H groups in total. The van der Waals surface area contributed by atoms with Crippen LogP contribution in [0.4, 0.5) is 0 Å². The van der Waals surface area contributed by atoms with E-state index < -0.39 is 0 Å². The molecule has 1 aliphatic heterocycles. The predicted octanol–water partition coefficient (Wildman–Crippen LogP) is 14.6. The van der Waals surface area contributed by atoms with E-state index in [1.165, 1.54) is 22.2 Å². The molecule has 4 heterocycles. The number of nitrogens with zero attached hydrogens (tertiary/aromatic N) is 4. The van der Waals surface area contributed by atoms with Crippen LogP contribution in [0.5, 0.6) is 11.5 Å². The first kappa shape index (κ1) is 40.2. The van der Waals surface area contributed by atoms with Crippen LogP contribution in [-0.4, -0.2) is 18.7 Å². The molecule has 3 aromatic heterocycles. The van der Waals surface area contributed by atoms with E-state index in [0.29, 0.717) is 11.5 Å². The molecule has 0 bridgehead atoms. The van der Waals surface area contributed by atoms with Crippen LogP contribution in [0.1, 0.15) is 65.2 Å². The van der Waals surface area contributed by atoms with Gasteiger partial charge in [0.1, 0.15) is 0 Å². The Morgan fingerprint density at radius 3 is 1.88 bits per heavy atom. The molecule has 0 saturated heterocycles. The Balaban J connectivity index is 1.13. The summed E-state index contributed by atoms with van der Waals surface area (Å²) in [5.41, 5.74) is 14.2. The molecule has 5 nitrogen and oxygen atoms in total. The molecular weight excluding hydrogens is 964 g/mol. The first-order chi connectivity index (χ1) is 30.8. The quantitative estimate of drug-likeness (QED) is 0.156. The second kappa shape index (κ2) is 14.8. The molecule has 11 rings (SSSR count). The average Bonchev–Trinajstić information content (AvgIpc) is 3.77. The molecule has 0 aliphatic carbocycles. The van der Waals surface area contributed by atoms with Gasteiger partial charge in [-0.3, -0.25) is 0 Å². The zero-order valence-corrected chi connectivity index (χ0v) is 39.4. The van der Waals surface area contributed by atoms with Gasteiger partial charge in [-0.2, -0.15) is 0 Å². The molecule has 1 aliphatic rings. The molecule has 0 radical (unpaired) electrons. The van der Waals surface area contributed by atoms with Crippen LogP contribution in [0.2, 0.25) is 0 Å². The number of imidazole rings is 1. The molecule has 10 aromatic rings. The molecule has 0 spiro atoms. The second-order valence-electron chi connectivity index (χ2n) is 19.0. The van der Waals surface area contributed by atoms with Gasteiger partial charge in [0.25, 0.3) is 0 Å². The Labute approximate surface area is 385 Å². The van der Waals surface area contributed by atoms with Crippen molar-refractivity contribution in [2.24, 2.45) is 0 Å². The second-order valence-corrected chi connectivity index (χ2v) is 20.1. The van der Waals surface area contributed by atoms with E-state index in [0.717, 1.165) is 70.6 Å².